The van der Waals surface area contributed by atoms with Crippen molar-refractivity contribution < 1.29 is 4.79 Å². The quantitative estimate of drug-likeness (QED) is 0.864. The maximum absolute atomic E-state index is 12.1. The molecule has 2 heterocycles. The second kappa shape index (κ2) is 9.33. The van der Waals surface area contributed by atoms with Crippen LogP contribution in [0.2, 0.25) is 0 Å². The van der Waals surface area contributed by atoms with Gasteiger partial charge in [0, 0.05) is 25.0 Å². The second-order valence-corrected chi connectivity index (χ2v) is 4.21. The first-order valence-electron chi connectivity index (χ1n) is 6.04. The van der Waals surface area contributed by atoms with E-state index in [1.807, 2.05) is 31.4 Å². The fourth-order valence-electron chi connectivity index (χ4n) is 1.82. The number of amides is 1. The van der Waals surface area contributed by atoms with Gasteiger partial charge in [-0.1, -0.05) is 6.07 Å². The third-order valence-corrected chi connectivity index (χ3v) is 2.78. The summed E-state index contributed by atoms with van der Waals surface area (Å²) < 4.78 is 1.67. The van der Waals surface area contributed by atoms with Crippen molar-refractivity contribution in [3.63, 3.8) is 0 Å². The van der Waals surface area contributed by atoms with Crippen LogP contribution < -0.4 is 10.6 Å². The highest BCUT2D eigenvalue weighted by Gasteiger charge is 2.19. The van der Waals surface area contributed by atoms with Crippen molar-refractivity contribution >= 4 is 30.7 Å². The number of rotatable bonds is 5. The van der Waals surface area contributed by atoms with Gasteiger partial charge in [0.05, 0.1) is 18.4 Å². The van der Waals surface area contributed by atoms with Crippen molar-refractivity contribution in [2.75, 3.05) is 7.05 Å². The summed E-state index contributed by atoms with van der Waals surface area (Å²) in [6.45, 7) is 0.415. The van der Waals surface area contributed by atoms with Crippen LogP contribution in [0.25, 0.3) is 0 Å². The molecule has 0 fully saturated rings. The standard InChI is InChI=1S/C13H17N5O.2ClH/c1-14-12(10-7-17-18(2)9-10)13(19)16-8-11-5-3-4-6-15-11;;/h3-7,9,12,14H,8H2,1-2H3,(H,16,19);2*1H. The molecule has 8 heteroatoms. The smallest absolute Gasteiger partial charge is 0.242 e. The maximum atomic E-state index is 12.1. The normalized spacial score (nSPS) is 11.0. The number of hydrogen-bond acceptors (Lipinski definition) is 4. The van der Waals surface area contributed by atoms with Gasteiger partial charge in [0.15, 0.2) is 0 Å². The molecule has 2 rings (SSSR count). The predicted molar refractivity (Wildman–Crippen MR) is 85.6 cm³/mol. The lowest BCUT2D eigenvalue weighted by atomic mass is 10.1. The Morgan fingerprint density at radius 2 is 2.14 bits per heavy atom. The number of halogens is 2. The van der Waals surface area contributed by atoms with Gasteiger partial charge in [0.1, 0.15) is 6.04 Å². The molecule has 0 radical (unpaired) electrons. The number of pyridine rings is 1. The molecule has 2 N–H and O–H groups in total. The average Bonchev–Trinajstić information content (AvgIpc) is 2.85. The van der Waals surface area contributed by atoms with E-state index in [4.69, 9.17) is 0 Å². The largest absolute Gasteiger partial charge is 0.349 e. The lowest BCUT2D eigenvalue weighted by Gasteiger charge is -2.14. The molecule has 2 aromatic rings. The molecule has 2 aromatic heterocycles. The number of carbonyl (C=O) groups is 1. The van der Waals surface area contributed by atoms with Crippen molar-refractivity contribution in [1.82, 2.24) is 25.4 Å². The van der Waals surface area contributed by atoms with Crippen LogP contribution in [-0.2, 0) is 18.4 Å². The Labute approximate surface area is 136 Å². The molecule has 0 bridgehead atoms. The minimum atomic E-state index is -0.405. The van der Waals surface area contributed by atoms with E-state index in [0.29, 0.717) is 6.54 Å². The minimum absolute atomic E-state index is 0. The molecule has 0 aliphatic heterocycles. The van der Waals surface area contributed by atoms with Crippen LogP contribution in [0.4, 0.5) is 0 Å². The third kappa shape index (κ3) is 5.34. The minimum Gasteiger partial charge on any atom is -0.349 e. The van der Waals surface area contributed by atoms with Crippen LogP contribution in [0.15, 0.2) is 36.8 Å². The van der Waals surface area contributed by atoms with E-state index in [0.717, 1.165) is 11.3 Å². The molecule has 1 atom stereocenters. The number of likely N-dealkylation sites (N-methyl/N-ethyl adjacent to an activating group) is 1. The van der Waals surface area contributed by atoms with Crippen molar-refractivity contribution in [1.29, 1.82) is 0 Å². The summed E-state index contributed by atoms with van der Waals surface area (Å²) in [6, 6.07) is 5.21. The lowest BCUT2D eigenvalue weighted by molar-refractivity contribution is -0.123. The summed E-state index contributed by atoms with van der Waals surface area (Å²) in [5, 5.41) is 9.91. The van der Waals surface area contributed by atoms with Gasteiger partial charge < -0.3 is 10.6 Å². The highest BCUT2D eigenvalue weighted by atomic mass is 35.5. The molecule has 0 saturated heterocycles. The monoisotopic (exact) mass is 331 g/mol. The van der Waals surface area contributed by atoms with Gasteiger partial charge in [-0.25, -0.2) is 0 Å². The predicted octanol–water partition coefficient (Wildman–Crippen LogP) is 1.24. The van der Waals surface area contributed by atoms with Gasteiger partial charge in [-0.2, -0.15) is 5.10 Å². The van der Waals surface area contributed by atoms with Crippen LogP contribution >= 0.6 is 24.8 Å². The van der Waals surface area contributed by atoms with Gasteiger partial charge in [-0.3, -0.25) is 14.5 Å². The zero-order chi connectivity index (χ0) is 13.7. The Balaban J connectivity index is 0.00000200. The molecule has 0 spiro atoms. The van der Waals surface area contributed by atoms with E-state index in [9.17, 15) is 4.79 Å². The number of nitrogens with one attached hydrogen (secondary N) is 2. The second-order valence-electron chi connectivity index (χ2n) is 4.21. The Morgan fingerprint density at radius 1 is 1.38 bits per heavy atom. The summed E-state index contributed by atoms with van der Waals surface area (Å²) in [4.78, 5) is 16.3. The summed E-state index contributed by atoms with van der Waals surface area (Å²) in [6.07, 6.45) is 5.21. The van der Waals surface area contributed by atoms with Crippen LogP contribution in [0.5, 0.6) is 0 Å². The van der Waals surface area contributed by atoms with Crippen LogP contribution in [0, 0.1) is 0 Å². The maximum Gasteiger partial charge on any atom is 0.242 e. The van der Waals surface area contributed by atoms with Crippen molar-refractivity contribution in [3.05, 3.63) is 48.0 Å². The zero-order valence-electron chi connectivity index (χ0n) is 11.8. The third-order valence-electron chi connectivity index (χ3n) is 2.78. The molecular formula is C13H19Cl2N5O. The first kappa shape index (κ1) is 19.4. The zero-order valence-corrected chi connectivity index (χ0v) is 13.4. The highest BCUT2D eigenvalue weighted by molar-refractivity contribution is 5.85. The highest BCUT2D eigenvalue weighted by Crippen LogP contribution is 2.11. The first-order chi connectivity index (χ1) is 9.20. The fraction of sp³-hybridized carbons (Fsp3) is 0.308. The number of aryl methyl sites for hydroxylation is 1. The van der Waals surface area contributed by atoms with Gasteiger partial charge in [-0.15, -0.1) is 24.8 Å². The molecule has 0 aliphatic carbocycles. The van der Waals surface area contributed by atoms with Gasteiger partial charge >= 0.3 is 0 Å². The van der Waals surface area contributed by atoms with Crippen molar-refractivity contribution in [2.24, 2.45) is 7.05 Å². The number of nitrogens with zero attached hydrogens (tertiary/aromatic N) is 3. The van der Waals surface area contributed by atoms with Crippen LogP contribution in [-0.4, -0.2) is 27.7 Å². The molecule has 0 saturated carbocycles. The van der Waals surface area contributed by atoms with E-state index < -0.39 is 6.04 Å². The van der Waals surface area contributed by atoms with Crippen LogP contribution in [0.1, 0.15) is 17.3 Å². The summed E-state index contributed by atoms with van der Waals surface area (Å²) in [5.41, 5.74) is 1.67. The molecule has 1 amide bonds. The fourth-order valence-corrected chi connectivity index (χ4v) is 1.82. The SMILES string of the molecule is CNC(C(=O)NCc1ccccn1)c1cnn(C)c1.Cl.Cl. The summed E-state index contributed by atoms with van der Waals surface area (Å²) in [5.74, 6) is -0.0962. The lowest BCUT2D eigenvalue weighted by Crippen LogP contribution is -2.35. The Hall–Kier alpha value is -1.63. The van der Waals surface area contributed by atoms with Crippen molar-refractivity contribution in [3.8, 4) is 0 Å². The van der Waals surface area contributed by atoms with Crippen LogP contribution in [0.3, 0.4) is 0 Å². The van der Waals surface area contributed by atoms with E-state index in [2.05, 4.69) is 20.7 Å². The topological polar surface area (TPSA) is 71.8 Å². The van der Waals surface area contributed by atoms with E-state index >= 15 is 0 Å². The molecular weight excluding hydrogens is 313 g/mol. The number of hydrogen-bond donors (Lipinski definition) is 2. The molecule has 1 unspecified atom stereocenters. The molecule has 21 heavy (non-hydrogen) atoms. The van der Waals surface area contributed by atoms with Gasteiger partial charge in [0.2, 0.25) is 5.91 Å². The van der Waals surface area contributed by atoms with E-state index in [-0.39, 0.29) is 30.7 Å². The molecule has 6 nitrogen and oxygen atoms in total. The van der Waals surface area contributed by atoms with Gasteiger partial charge in [0.25, 0.3) is 0 Å². The van der Waals surface area contributed by atoms with E-state index in [1.54, 1.807) is 24.1 Å². The molecule has 0 aliphatic rings. The Morgan fingerprint density at radius 3 is 2.67 bits per heavy atom. The average molecular weight is 332 g/mol. The summed E-state index contributed by atoms with van der Waals surface area (Å²) in [7, 11) is 3.57. The molecule has 116 valence electrons. The summed E-state index contributed by atoms with van der Waals surface area (Å²) >= 11 is 0. The van der Waals surface area contributed by atoms with Gasteiger partial charge in [-0.05, 0) is 19.2 Å². The molecule has 0 aromatic carbocycles. The number of carbonyl (C=O) groups excluding carboxylic acids is 1. The number of aromatic nitrogens is 3. The Bertz CT molecular complexity index is 547. The Kier molecular flexibility index (Phi) is 8.61. The van der Waals surface area contributed by atoms with E-state index in [1.165, 1.54) is 0 Å². The first-order valence-corrected chi connectivity index (χ1v) is 6.04. The van der Waals surface area contributed by atoms with Crippen molar-refractivity contribution in [2.45, 2.75) is 12.6 Å².